The molecule has 3 fully saturated rings. The van der Waals surface area contributed by atoms with Gasteiger partial charge in [0.25, 0.3) is 0 Å². The number of benzene rings is 1. The lowest BCUT2D eigenvalue weighted by molar-refractivity contribution is -0.0548. The average molecular weight is 407 g/mol. The zero-order valence-electron chi connectivity index (χ0n) is 19.7. The van der Waals surface area contributed by atoms with Crippen molar-refractivity contribution in [3.05, 3.63) is 47.0 Å². The maximum atomic E-state index is 11.4. The van der Waals surface area contributed by atoms with E-state index in [4.69, 9.17) is 0 Å². The van der Waals surface area contributed by atoms with Crippen LogP contribution in [0.15, 0.2) is 35.9 Å². The summed E-state index contributed by atoms with van der Waals surface area (Å²) < 4.78 is 0. The van der Waals surface area contributed by atoms with E-state index in [0.29, 0.717) is 28.6 Å². The summed E-state index contributed by atoms with van der Waals surface area (Å²) in [6.45, 7) is 9.76. The second kappa shape index (κ2) is 7.51. The van der Waals surface area contributed by atoms with Crippen LogP contribution in [-0.4, -0.2) is 11.2 Å². The van der Waals surface area contributed by atoms with Gasteiger partial charge in [0.1, 0.15) is 0 Å². The first-order valence-electron chi connectivity index (χ1n) is 12.8. The highest BCUT2D eigenvalue weighted by Crippen LogP contribution is 2.67. The van der Waals surface area contributed by atoms with Crippen LogP contribution in [0.4, 0.5) is 0 Å². The van der Waals surface area contributed by atoms with Crippen LogP contribution < -0.4 is 0 Å². The standard InChI is InChI=1S/C29H42O/c1-19-8-7-9-21(16-19)17-20(2)27-26(30)18-25-23-12-11-22-10-5-6-14-28(22,3)24(23)13-15-29(25,27)4/h7-9,11,16,20,23-27,30H,5-6,10,12-15,17-18H2,1-4H3/t20?,23-,24+,25+,26+,27+,28+,29+/m1/s1. The van der Waals surface area contributed by atoms with E-state index in [-0.39, 0.29) is 6.10 Å². The minimum absolute atomic E-state index is 0.122. The molecular weight excluding hydrogens is 364 g/mol. The third-order valence-electron chi connectivity index (χ3n) is 10.4. The van der Waals surface area contributed by atoms with Gasteiger partial charge in [-0.05, 0) is 104 Å². The van der Waals surface area contributed by atoms with Gasteiger partial charge in [0.05, 0.1) is 6.10 Å². The van der Waals surface area contributed by atoms with Crippen molar-refractivity contribution < 1.29 is 5.11 Å². The van der Waals surface area contributed by atoms with Crippen LogP contribution in [-0.2, 0) is 6.42 Å². The fourth-order valence-electron chi connectivity index (χ4n) is 9.12. The lowest BCUT2D eigenvalue weighted by Crippen LogP contribution is -2.50. The van der Waals surface area contributed by atoms with Gasteiger partial charge < -0.3 is 5.11 Å². The van der Waals surface area contributed by atoms with Crippen molar-refractivity contribution in [1.82, 2.24) is 0 Å². The number of aliphatic hydroxyl groups excluding tert-OH is 1. The zero-order valence-corrected chi connectivity index (χ0v) is 19.7. The van der Waals surface area contributed by atoms with Gasteiger partial charge in [-0.15, -0.1) is 0 Å². The number of aryl methyl sites for hydroxylation is 1. The minimum Gasteiger partial charge on any atom is -0.393 e. The maximum Gasteiger partial charge on any atom is 0.0579 e. The number of aliphatic hydroxyl groups is 1. The largest absolute Gasteiger partial charge is 0.393 e. The molecule has 1 heteroatoms. The quantitative estimate of drug-likeness (QED) is 0.530. The molecule has 0 bridgehead atoms. The van der Waals surface area contributed by atoms with E-state index in [2.05, 4.69) is 58.0 Å². The van der Waals surface area contributed by atoms with Crippen molar-refractivity contribution in [2.24, 2.45) is 40.4 Å². The SMILES string of the molecule is Cc1cccc(CC(C)[C@H]2[C@@H](O)C[C@H]3[C@@H]4CC=C5CCCC[C@]5(C)[C@H]4CC[C@@]32C)c1. The van der Waals surface area contributed by atoms with Crippen molar-refractivity contribution in [3.8, 4) is 0 Å². The van der Waals surface area contributed by atoms with Gasteiger partial charge in [0, 0.05) is 0 Å². The molecule has 1 aromatic carbocycles. The number of hydrogen-bond acceptors (Lipinski definition) is 1. The topological polar surface area (TPSA) is 20.2 Å². The Morgan fingerprint density at radius 1 is 1.13 bits per heavy atom. The number of allylic oxidation sites excluding steroid dienone is 2. The fraction of sp³-hybridized carbons (Fsp3) is 0.724. The maximum absolute atomic E-state index is 11.4. The second-order valence-corrected chi connectivity index (χ2v) is 12.0. The smallest absolute Gasteiger partial charge is 0.0579 e. The third kappa shape index (κ3) is 3.14. The molecule has 0 spiro atoms. The molecule has 1 N–H and O–H groups in total. The summed E-state index contributed by atoms with van der Waals surface area (Å²) in [5.74, 6) is 3.32. The Hall–Kier alpha value is -1.08. The Morgan fingerprint density at radius 3 is 2.77 bits per heavy atom. The highest BCUT2D eigenvalue weighted by Gasteiger charge is 2.61. The lowest BCUT2D eigenvalue weighted by atomic mass is 9.47. The molecule has 4 aliphatic carbocycles. The number of hydrogen-bond donors (Lipinski definition) is 1. The summed E-state index contributed by atoms with van der Waals surface area (Å²) in [6.07, 6.45) is 14.2. The highest BCUT2D eigenvalue weighted by molar-refractivity contribution is 5.26. The van der Waals surface area contributed by atoms with Crippen LogP contribution in [0, 0.1) is 47.3 Å². The summed E-state index contributed by atoms with van der Waals surface area (Å²) in [4.78, 5) is 0. The van der Waals surface area contributed by atoms with E-state index < -0.39 is 0 Å². The normalized spacial score (nSPS) is 43.9. The Labute approximate surface area is 184 Å². The first kappa shape index (κ1) is 20.8. The van der Waals surface area contributed by atoms with Crippen molar-refractivity contribution in [3.63, 3.8) is 0 Å². The van der Waals surface area contributed by atoms with Crippen LogP contribution in [0.25, 0.3) is 0 Å². The van der Waals surface area contributed by atoms with Crippen LogP contribution in [0.1, 0.15) is 83.3 Å². The second-order valence-electron chi connectivity index (χ2n) is 12.0. The van der Waals surface area contributed by atoms with Crippen LogP contribution in [0.3, 0.4) is 0 Å². The van der Waals surface area contributed by atoms with Crippen molar-refractivity contribution in [2.75, 3.05) is 0 Å². The molecule has 164 valence electrons. The summed E-state index contributed by atoms with van der Waals surface area (Å²) in [6, 6.07) is 8.99. The van der Waals surface area contributed by atoms with E-state index in [9.17, 15) is 5.11 Å². The minimum atomic E-state index is -0.122. The summed E-state index contributed by atoms with van der Waals surface area (Å²) in [7, 11) is 0. The third-order valence-corrected chi connectivity index (χ3v) is 10.4. The molecule has 0 saturated heterocycles. The summed E-state index contributed by atoms with van der Waals surface area (Å²) in [5, 5.41) is 11.4. The van der Waals surface area contributed by atoms with Gasteiger partial charge in [-0.25, -0.2) is 0 Å². The van der Waals surface area contributed by atoms with E-state index >= 15 is 0 Å². The Balaban J connectivity index is 1.40. The molecule has 1 unspecified atom stereocenters. The molecule has 8 atom stereocenters. The molecule has 0 radical (unpaired) electrons. The van der Waals surface area contributed by atoms with Crippen LogP contribution in [0.5, 0.6) is 0 Å². The molecule has 1 nitrogen and oxygen atoms in total. The molecule has 0 aromatic heterocycles. The number of fused-ring (bicyclic) bond motifs is 5. The van der Waals surface area contributed by atoms with Crippen LogP contribution >= 0.6 is 0 Å². The van der Waals surface area contributed by atoms with Gasteiger partial charge in [0.2, 0.25) is 0 Å². The molecule has 30 heavy (non-hydrogen) atoms. The molecule has 0 heterocycles. The van der Waals surface area contributed by atoms with Gasteiger partial charge in [-0.1, -0.05) is 68.7 Å². The molecule has 0 aliphatic heterocycles. The zero-order chi connectivity index (χ0) is 21.1. The van der Waals surface area contributed by atoms with Crippen molar-refractivity contribution in [1.29, 1.82) is 0 Å². The fourth-order valence-corrected chi connectivity index (χ4v) is 9.12. The van der Waals surface area contributed by atoms with Gasteiger partial charge >= 0.3 is 0 Å². The molecule has 4 aliphatic rings. The van der Waals surface area contributed by atoms with Gasteiger partial charge in [-0.2, -0.15) is 0 Å². The van der Waals surface area contributed by atoms with Crippen LogP contribution in [0.2, 0.25) is 0 Å². The van der Waals surface area contributed by atoms with Crippen molar-refractivity contribution >= 4 is 0 Å². The average Bonchev–Trinajstić information content (AvgIpc) is 2.97. The van der Waals surface area contributed by atoms with Gasteiger partial charge in [-0.3, -0.25) is 0 Å². The molecule has 5 rings (SSSR count). The molecule has 0 amide bonds. The summed E-state index contributed by atoms with van der Waals surface area (Å²) >= 11 is 0. The predicted octanol–water partition coefficient (Wildman–Crippen LogP) is 7.11. The van der Waals surface area contributed by atoms with E-state index in [1.54, 1.807) is 5.57 Å². The van der Waals surface area contributed by atoms with Crippen molar-refractivity contribution in [2.45, 2.75) is 91.6 Å². The van der Waals surface area contributed by atoms with E-state index in [1.165, 1.54) is 56.1 Å². The van der Waals surface area contributed by atoms with E-state index in [1.807, 2.05) is 0 Å². The molecule has 3 saturated carbocycles. The monoisotopic (exact) mass is 406 g/mol. The first-order chi connectivity index (χ1) is 14.3. The highest BCUT2D eigenvalue weighted by atomic mass is 16.3. The Kier molecular flexibility index (Phi) is 5.20. The summed E-state index contributed by atoms with van der Waals surface area (Å²) in [5.41, 5.74) is 5.34. The molecule has 1 aromatic rings. The Morgan fingerprint density at radius 2 is 1.97 bits per heavy atom. The number of rotatable bonds is 3. The van der Waals surface area contributed by atoms with Gasteiger partial charge in [0.15, 0.2) is 0 Å². The predicted molar refractivity (Wildman–Crippen MR) is 125 cm³/mol. The Bertz CT molecular complexity index is 823. The van der Waals surface area contributed by atoms with E-state index in [0.717, 1.165) is 24.7 Å². The lowest BCUT2D eigenvalue weighted by Gasteiger charge is -2.58. The first-order valence-corrected chi connectivity index (χ1v) is 12.8. The molecular formula is C29H42O.